The minimum Gasteiger partial charge on any atom is -0.492 e. The van der Waals surface area contributed by atoms with Gasteiger partial charge in [0, 0.05) is 11.0 Å². The molecule has 1 atom stereocenters. The highest BCUT2D eigenvalue weighted by atomic mass is 79.9. The predicted octanol–water partition coefficient (Wildman–Crippen LogP) is 4.08. The number of aryl methyl sites for hydroxylation is 1. The molecule has 1 aromatic heterocycles. The fourth-order valence-electron chi connectivity index (χ4n) is 1.79. The molecule has 0 aliphatic carbocycles. The monoisotopic (exact) mass is 323 g/mol. The van der Waals surface area contributed by atoms with Gasteiger partial charge in [-0.2, -0.15) is 0 Å². The molecule has 2 aromatic rings. The first-order valence-electron chi connectivity index (χ1n) is 6.32. The predicted molar refractivity (Wildman–Crippen MR) is 79.5 cm³/mol. The van der Waals surface area contributed by atoms with Crippen LogP contribution >= 0.6 is 15.9 Å². The summed E-state index contributed by atoms with van der Waals surface area (Å²) in [4.78, 5) is 0. The second-order valence-corrected chi connectivity index (χ2v) is 5.31. The Morgan fingerprint density at radius 1 is 1.37 bits per heavy atom. The Kier molecular flexibility index (Phi) is 5.05. The zero-order valence-corrected chi connectivity index (χ0v) is 12.7. The van der Waals surface area contributed by atoms with Crippen LogP contribution in [-0.2, 0) is 0 Å². The summed E-state index contributed by atoms with van der Waals surface area (Å²) in [5.41, 5.74) is 1.18. The minimum atomic E-state index is 0.199. The Morgan fingerprint density at radius 3 is 2.89 bits per heavy atom. The van der Waals surface area contributed by atoms with Crippen molar-refractivity contribution in [2.24, 2.45) is 0 Å². The normalized spacial score (nSPS) is 12.4. The molecule has 0 spiro atoms. The molecule has 0 radical (unpaired) electrons. The van der Waals surface area contributed by atoms with Crippen molar-refractivity contribution in [3.8, 4) is 5.75 Å². The number of hydrogen-bond donors (Lipinski definition) is 1. The van der Waals surface area contributed by atoms with Gasteiger partial charge in [-0.3, -0.25) is 0 Å². The highest BCUT2D eigenvalue weighted by Crippen LogP contribution is 2.21. The number of rotatable bonds is 6. The van der Waals surface area contributed by atoms with Crippen molar-refractivity contribution in [3.63, 3.8) is 0 Å². The molecule has 1 N–H and O–H groups in total. The zero-order valence-electron chi connectivity index (χ0n) is 11.2. The maximum atomic E-state index is 5.70. The molecule has 1 heterocycles. The van der Waals surface area contributed by atoms with Gasteiger partial charge in [0.1, 0.15) is 18.1 Å². The van der Waals surface area contributed by atoms with Crippen molar-refractivity contribution in [1.29, 1.82) is 0 Å². The van der Waals surface area contributed by atoms with Crippen LogP contribution in [0.3, 0.4) is 0 Å². The fourth-order valence-corrected chi connectivity index (χ4v) is 2.04. The van der Waals surface area contributed by atoms with E-state index in [0.717, 1.165) is 22.5 Å². The third-order valence-electron chi connectivity index (χ3n) is 2.92. The summed E-state index contributed by atoms with van der Waals surface area (Å²) in [5.74, 6) is 1.84. The number of nitrogens with one attached hydrogen (secondary N) is 1. The van der Waals surface area contributed by atoms with Crippen LogP contribution in [0.2, 0.25) is 0 Å². The molecular formula is C15H18BrNO2. The van der Waals surface area contributed by atoms with Gasteiger partial charge in [0.15, 0.2) is 0 Å². The van der Waals surface area contributed by atoms with Gasteiger partial charge in [-0.05, 0) is 49.7 Å². The van der Waals surface area contributed by atoms with Crippen LogP contribution in [-0.4, -0.2) is 13.2 Å². The first-order valence-corrected chi connectivity index (χ1v) is 7.12. The SMILES string of the molecule is Cc1cc(OCCNC(C)c2ccco2)ccc1Br. The highest BCUT2D eigenvalue weighted by molar-refractivity contribution is 9.10. The van der Waals surface area contributed by atoms with Crippen molar-refractivity contribution in [1.82, 2.24) is 5.32 Å². The van der Waals surface area contributed by atoms with E-state index in [4.69, 9.17) is 9.15 Å². The van der Waals surface area contributed by atoms with Gasteiger partial charge < -0.3 is 14.5 Å². The molecule has 19 heavy (non-hydrogen) atoms. The van der Waals surface area contributed by atoms with E-state index < -0.39 is 0 Å². The zero-order chi connectivity index (χ0) is 13.7. The molecule has 4 heteroatoms. The molecule has 0 saturated heterocycles. The van der Waals surface area contributed by atoms with E-state index in [1.807, 2.05) is 37.3 Å². The van der Waals surface area contributed by atoms with Crippen molar-refractivity contribution in [3.05, 3.63) is 52.4 Å². The number of halogens is 1. The second kappa shape index (κ2) is 6.78. The lowest BCUT2D eigenvalue weighted by atomic mass is 10.2. The van der Waals surface area contributed by atoms with Gasteiger partial charge >= 0.3 is 0 Å². The molecule has 0 saturated carbocycles. The molecule has 102 valence electrons. The lowest BCUT2D eigenvalue weighted by molar-refractivity contribution is 0.301. The van der Waals surface area contributed by atoms with Crippen LogP contribution in [0.5, 0.6) is 5.75 Å². The van der Waals surface area contributed by atoms with Gasteiger partial charge in [-0.15, -0.1) is 0 Å². The minimum absolute atomic E-state index is 0.199. The van der Waals surface area contributed by atoms with Crippen LogP contribution in [0.4, 0.5) is 0 Å². The molecule has 2 rings (SSSR count). The second-order valence-electron chi connectivity index (χ2n) is 4.45. The first kappa shape index (κ1) is 14.2. The summed E-state index contributed by atoms with van der Waals surface area (Å²) >= 11 is 3.47. The van der Waals surface area contributed by atoms with Gasteiger partial charge in [-0.1, -0.05) is 15.9 Å². The van der Waals surface area contributed by atoms with Crippen molar-refractivity contribution >= 4 is 15.9 Å². The number of hydrogen-bond acceptors (Lipinski definition) is 3. The molecule has 1 unspecified atom stereocenters. The van der Waals surface area contributed by atoms with E-state index in [-0.39, 0.29) is 6.04 Å². The maximum absolute atomic E-state index is 5.70. The molecule has 0 bridgehead atoms. The summed E-state index contributed by atoms with van der Waals surface area (Å²) in [6.45, 7) is 5.53. The van der Waals surface area contributed by atoms with Gasteiger partial charge in [0.05, 0.1) is 12.3 Å². The lowest BCUT2D eigenvalue weighted by Gasteiger charge is -2.12. The summed E-state index contributed by atoms with van der Waals surface area (Å²) in [7, 11) is 0. The average molecular weight is 324 g/mol. The summed E-state index contributed by atoms with van der Waals surface area (Å²) in [6, 6.07) is 10.1. The maximum Gasteiger partial charge on any atom is 0.120 e. The van der Waals surface area contributed by atoms with E-state index in [2.05, 4.69) is 28.2 Å². The summed E-state index contributed by atoms with van der Waals surface area (Å²) < 4.78 is 12.1. The molecule has 0 aliphatic rings. The van der Waals surface area contributed by atoms with Crippen LogP contribution < -0.4 is 10.1 Å². The number of benzene rings is 1. The molecule has 0 amide bonds. The van der Waals surface area contributed by atoms with E-state index in [1.54, 1.807) is 6.26 Å². The smallest absolute Gasteiger partial charge is 0.120 e. The van der Waals surface area contributed by atoms with Gasteiger partial charge in [-0.25, -0.2) is 0 Å². The Balaban J connectivity index is 1.73. The largest absolute Gasteiger partial charge is 0.492 e. The third kappa shape index (κ3) is 4.11. The van der Waals surface area contributed by atoms with Crippen molar-refractivity contribution in [2.45, 2.75) is 19.9 Å². The van der Waals surface area contributed by atoms with E-state index in [1.165, 1.54) is 5.56 Å². The molecule has 1 aromatic carbocycles. The molecule has 3 nitrogen and oxygen atoms in total. The Labute approximate surface area is 122 Å². The lowest BCUT2D eigenvalue weighted by Crippen LogP contribution is -2.24. The Bertz CT molecular complexity index is 511. The Morgan fingerprint density at radius 2 is 2.21 bits per heavy atom. The van der Waals surface area contributed by atoms with Crippen molar-refractivity contribution in [2.75, 3.05) is 13.2 Å². The summed E-state index contributed by atoms with van der Waals surface area (Å²) in [6.07, 6.45) is 1.69. The molecule has 0 aliphatic heterocycles. The van der Waals surface area contributed by atoms with Gasteiger partial charge in [0.2, 0.25) is 0 Å². The first-order chi connectivity index (χ1) is 9.16. The standard InChI is InChI=1S/C15H18BrNO2/c1-11-10-13(5-6-14(11)16)18-9-7-17-12(2)15-4-3-8-19-15/h3-6,8,10,12,17H,7,9H2,1-2H3. The van der Waals surface area contributed by atoms with Crippen LogP contribution in [0.1, 0.15) is 24.3 Å². The average Bonchev–Trinajstić information content (AvgIpc) is 2.92. The highest BCUT2D eigenvalue weighted by Gasteiger charge is 2.06. The van der Waals surface area contributed by atoms with Crippen LogP contribution in [0.25, 0.3) is 0 Å². The number of furan rings is 1. The number of ether oxygens (including phenoxy) is 1. The molecule has 0 fully saturated rings. The quantitative estimate of drug-likeness (QED) is 0.813. The molecular weight excluding hydrogens is 306 g/mol. The van der Waals surface area contributed by atoms with Crippen molar-refractivity contribution < 1.29 is 9.15 Å². The van der Waals surface area contributed by atoms with Crippen LogP contribution in [0.15, 0.2) is 45.5 Å². The third-order valence-corrected chi connectivity index (χ3v) is 3.81. The van der Waals surface area contributed by atoms with E-state index in [9.17, 15) is 0 Å². The van der Waals surface area contributed by atoms with Crippen LogP contribution in [0, 0.1) is 6.92 Å². The van der Waals surface area contributed by atoms with E-state index in [0.29, 0.717) is 6.61 Å². The topological polar surface area (TPSA) is 34.4 Å². The summed E-state index contributed by atoms with van der Waals surface area (Å²) in [5, 5.41) is 3.35. The van der Waals surface area contributed by atoms with Gasteiger partial charge in [0.25, 0.3) is 0 Å². The Hall–Kier alpha value is -1.26. The fraction of sp³-hybridized carbons (Fsp3) is 0.333. The van der Waals surface area contributed by atoms with E-state index >= 15 is 0 Å².